The number of aliphatic hydroxyl groups is 1. The first-order chi connectivity index (χ1) is 13.7. The number of nitrogens with zero attached hydrogens (tertiary/aromatic N) is 4. The predicted molar refractivity (Wildman–Crippen MR) is 99.7 cm³/mol. The van der Waals surface area contributed by atoms with E-state index in [9.17, 15) is 5.11 Å². The highest BCUT2D eigenvalue weighted by Crippen LogP contribution is 2.40. The number of benzene rings is 1. The third-order valence-corrected chi connectivity index (χ3v) is 4.95. The molecule has 0 aliphatic carbocycles. The molecule has 28 heavy (non-hydrogen) atoms. The van der Waals surface area contributed by atoms with E-state index < -0.39 is 30.8 Å². The van der Waals surface area contributed by atoms with Crippen LogP contribution in [0.4, 0.5) is 5.82 Å². The molecule has 0 saturated carbocycles. The summed E-state index contributed by atoms with van der Waals surface area (Å²) in [6.45, 7) is -0.181. The molecule has 2 aliphatic rings. The molecule has 9 nitrogen and oxygen atoms in total. The molecule has 3 aromatic rings. The van der Waals surface area contributed by atoms with Gasteiger partial charge in [-0.15, -0.1) is 0 Å². The Kier molecular flexibility index (Phi) is 4.29. The lowest BCUT2D eigenvalue weighted by molar-refractivity contribution is -0.133. The second kappa shape index (κ2) is 6.95. The maximum atomic E-state index is 9.73. The van der Waals surface area contributed by atoms with Crippen molar-refractivity contribution in [2.75, 3.05) is 12.3 Å². The topological polar surface area (TPSA) is 118 Å². The first kappa shape index (κ1) is 17.3. The van der Waals surface area contributed by atoms with E-state index in [1.54, 1.807) is 10.9 Å². The van der Waals surface area contributed by atoms with Crippen molar-refractivity contribution in [2.24, 2.45) is 0 Å². The van der Waals surface area contributed by atoms with E-state index in [1.165, 1.54) is 6.33 Å². The lowest BCUT2D eigenvalue weighted by Crippen LogP contribution is -2.30. The second-order valence-electron chi connectivity index (χ2n) is 6.67. The highest BCUT2D eigenvalue weighted by Gasteiger charge is 2.53. The molecule has 4 heterocycles. The zero-order valence-corrected chi connectivity index (χ0v) is 14.8. The molecule has 2 fully saturated rings. The minimum Gasteiger partial charge on any atom is -0.394 e. The fourth-order valence-corrected chi connectivity index (χ4v) is 3.63. The molecule has 3 unspecified atom stereocenters. The van der Waals surface area contributed by atoms with Crippen molar-refractivity contribution in [3.63, 3.8) is 0 Å². The van der Waals surface area contributed by atoms with Crippen LogP contribution in [-0.4, -0.2) is 55.8 Å². The molecule has 5 atom stereocenters. The molecule has 0 bridgehead atoms. The number of nitrogen functional groups attached to an aromatic ring is 1. The van der Waals surface area contributed by atoms with Crippen LogP contribution in [-0.2, 0) is 14.2 Å². The molecule has 144 valence electrons. The average molecular weight is 381 g/mol. The molecule has 2 aromatic heterocycles. The summed E-state index contributed by atoms with van der Waals surface area (Å²) in [7, 11) is 0. The maximum absolute atomic E-state index is 9.73. The van der Waals surface area contributed by atoms with Gasteiger partial charge < -0.3 is 25.1 Å². The van der Waals surface area contributed by atoms with E-state index in [2.05, 4.69) is 15.0 Å². The Hall–Kier alpha value is -2.85. The van der Waals surface area contributed by atoms with E-state index in [4.69, 9.17) is 19.9 Å². The Bertz CT molecular complexity index is 1010. The molecule has 0 radical (unpaired) electrons. The van der Waals surface area contributed by atoms with Crippen molar-refractivity contribution in [1.82, 2.24) is 19.5 Å². The van der Waals surface area contributed by atoms with E-state index in [0.717, 1.165) is 5.56 Å². The zero-order chi connectivity index (χ0) is 19.1. The van der Waals surface area contributed by atoms with E-state index in [0.29, 0.717) is 17.0 Å². The van der Waals surface area contributed by atoms with E-state index >= 15 is 0 Å². The number of fused-ring (bicyclic) bond motifs is 2. The van der Waals surface area contributed by atoms with Crippen LogP contribution in [0.5, 0.6) is 0 Å². The molecule has 3 N–H and O–H groups in total. The summed E-state index contributed by atoms with van der Waals surface area (Å²) in [5.41, 5.74) is 7.96. The first-order valence-electron chi connectivity index (χ1n) is 8.98. The molecule has 1 aromatic carbocycles. The Morgan fingerprint density at radius 1 is 1.07 bits per heavy atom. The van der Waals surface area contributed by atoms with Crippen LogP contribution in [0.1, 0.15) is 11.8 Å². The summed E-state index contributed by atoms with van der Waals surface area (Å²) in [6.07, 6.45) is 4.34. The van der Waals surface area contributed by atoms with Gasteiger partial charge in [0.2, 0.25) is 0 Å². The van der Waals surface area contributed by atoms with Crippen LogP contribution >= 0.6 is 0 Å². The van der Waals surface area contributed by atoms with Gasteiger partial charge in [0.25, 0.3) is 0 Å². The predicted octanol–water partition coefficient (Wildman–Crippen LogP) is 1.12. The summed E-state index contributed by atoms with van der Waals surface area (Å²) in [5, 5.41) is 9.73. The number of rotatable bonds is 4. The Balaban J connectivity index is 1.42. The van der Waals surface area contributed by atoms with Crippen LogP contribution < -0.4 is 5.73 Å². The normalized spacial score (nSPS) is 29.7. The van der Waals surface area contributed by atoms with Gasteiger partial charge in [-0.25, -0.2) is 15.0 Å². The molecular weight excluding hydrogens is 362 g/mol. The van der Waals surface area contributed by atoms with Crippen molar-refractivity contribution < 1.29 is 19.3 Å². The average Bonchev–Trinajstić information content (AvgIpc) is 3.41. The van der Waals surface area contributed by atoms with Gasteiger partial charge in [-0.1, -0.05) is 36.4 Å². The van der Waals surface area contributed by atoms with Gasteiger partial charge in [-0.3, -0.25) is 4.57 Å². The number of ether oxygens (including phenoxy) is 3. The summed E-state index contributed by atoms with van der Waals surface area (Å²) >= 11 is 0. The fourth-order valence-electron chi connectivity index (χ4n) is 3.63. The number of anilines is 1. The minimum atomic E-state index is -0.545. The summed E-state index contributed by atoms with van der Waals surface area (Å²) in [4.78, 5) is 12.5. The highest BCUT2D eigenvalue weighted by atomic mass is 16.8. The van der Waals surface area contributed by atoms with E-state index in [1.807, 2.05) is 42.5 Å². The van der Waals surface area contributed by atoms with E-state index in [-0.39, 0.29) is 6.61 Å². The van der Waals surface area contributed by atoms with Crippen LogP contribution in [0.25, 0.3) is 17.2 Å². The van der Waals surface area contributed by atoms with Crippen molar-refractivity contribution in [3.05, 3.63) is 54.6 Å². The van der Waals surface area contributed by atoms with Gasteiger partial charge in [0.1, 0.15) is 30.2 Å². The van der Waals surface area contributed by atoms with Gasteiger partial charge in [-0.05, 0) is 11.6 Å². The number of aromatic nitrogens is 4. The van der Waals surface area contributed by atoms with Gasteiger partial charge in [0.15, 0.2) is 24.0 Å². The SMILES string of the molecule is Nc1ncnc2c1ncn2C1OC(CO)[C@H]2O[C@@H](C=Cc3ccccc3)OC12. The number of hydrogen-bond acceptors (Lipinski definition) is 8. The summed E-state index contributed by atoms with van der Waals surface area (Å²) in [5.74, 6) is 0.296. The smallest absolute Gasteiger partial charge is 0.178 e. The Morgan fingerprint density at radius 3 is 2.71 bits per heavy atom. The molecular formula is C19H19N5O4. The largest absolute Gasteiger partial charge is 0.394 e. The third-order valence-electron chi connectivity index (χ3n) is 4.95. The molecule has 2 saturated heterocycles. The van der Waals surface area contributed by atoms with Crippen molar-refractivity contribution >= 4 is 23.1 Å². The van der Waals surface area contributed by atoms with Crippen molar-refractivity contribution in [3.8, 4) is 0 Å². The Labute approximate surface area is 160 Å². The quantitative estimate of drug-likeness (QED) is 0.690. The number of hydrogen-bond donors (Lipinski definition) is 2. The van der Waals surface area contributed by atoms with Gasteiger partial charge >= 0.3 is 0 Å². The van der Waals surface area contributed by atoms with Gasteiger partial charge in [0, 0.05) is 0 Å². The minimum absolute atomic E-state index is 0.181. The lowest BCUT2D eigenvalue weighted by atomic mass is 10.1. The maximum Gasteiger partial charge on any atom is 0.178 e. The summed E-state index contributed by atoms with van der Waals surface area (Å²) < 4.78 is 19.8. The van der Waals surface area contributed by atoms with Crippen molar-refractivity contribution in [2.45, 2.75) is 30.8 Å². The molecule has 2 aliphatic heterocycles. The standard InChI is InChI=1S/C19H19N5O4/c20-17-14-18(22-9-21-17)24(10-23-14)19-16-15(12(8-25)26-19)27-13(28-16)7-6-11-4-2-1-3-5-11/h1-7,9-10,12-13,15-16,19,25H,8H2,(H2,20,21,22)/t12?,13-,15-,16?,19?/m1/s1. The third kappa shape index (κ3) is 2.85. The van der Waals surface area contributed by atoms with Crippen LogP contribution in [0.3, 0.4) is 0 Å². The Morgan fingerprint density at radius 2 is 1.89 bits per heavy atom. The van der Waals surface area contributed by atoms with Gasteiger partial charge in [0.05, 0.1) is 12.9 Å². The van der Waals surface area contributed by atoms with Crippen LogP contribution in [0.15, 0.2) is 49.1 Å². The van der Waals surface area contributed by atoms with Crippen LogP contribution in [0, 0.1) is 0 Å². The first-order valence-corrected chi connectivity index (χ1v) is 8.98. The number of nitrogens with two attached hydrogens (primary N) is 1. The van der Waals surface area contributed by atoms with Crippen molar-refractivity contribution in [1.29, 1.82) is 0 Å². The lowest BCUT2D eigenvalue weighted by Gasteiger charge is -2.19. The van der Waals surface area contributed by atoms with Gasteiger partial charge in [-0.2, -0.15) is 0 Å². The number of imidazole rings is 1. The molecule has 0 spiro atoms. The fraction of sp³-hybridized carbons (Fsp3) is 0.316. The molecule has 5 rings (SSSR count). The number of aliphatic hydroxyl groups excluding tert-OH is 1. The monoisotopic (exact) mass is 381 g/mol. The highest BCUT2D eigenvalue weighted by molar-refractivity contribution is 5.81. The zero-order valence-electron chi connectivity index (χ0n) is 14.8. The van der Waals surface area contributed by atoms with Crippen LogP contribution in [0.2, 0.25) is 0 Å². The molecule has 9 heteroatoms. The summed E-state index contributed by atoms with van der Waals surface area (Å²) in [6, 6.07) is 9.89. The molecule has 0 amide bonds. The second-order valence-corrected chi connectivity index (χ2v) is 6.67.